The fraction of sp³-hybridized carbons (Fsp3) is 0.455. The predicted molar refractivity (Wildman–Crippen MR) is 52.2 cm³/mol. The fourth-order valence-corrected chi connectivity index (χ4v) is 1.55. The van der Waals surface area contributed by atoms with Gasteiger partial charge in [-0.15, -0.1) is 0 Å². The first-order valence-electron chi connectivity index (χ1n) is 5.05. The summed E-state index contributed by atoms with van der Waals surface area (Å²) in [6, 6.07) is 3.68. The van der Waals surface area contributed by atoms with Crippen molar-refractivity contribution >= 4 is 0 Å². The highest BCUT2D eigenvalue weighted by Gasteiger charge is 2.26. The van der Waals surface area contributed by atoms with Crippen LogP contribution in [-0.4, -0.2) is 30.5 Å². The number of aliphatic hydroxyl groups is 1. The highest BCUT2D eigenvalue weighted by molar-refractivity contribution is 5.25. The largest absolute Gasteiger partial charge is 0.482 e. The lowest BCUT2D eigenvalue weighted by Gasteiger charge is -2.28. The van der Waals surface area contributed by atoms with Crippen molar-refractivity contribution in [1.29, 1.82) is 0 Å². The maximum atomic E-state index is 13.3. The molecule has 0 aromatic heterocycles. The molecule has 2 rings (SSSR count). The quantitative estimate of drug-likeness (QED) is 0.836. The summed E-state index contributed by atoms with van der Waals surface area (Å²) in [5.41, 5.74) is 0. The van der Waals surface area contributed by atoms with Gasteiger partial charge in [0, 0.05) is 13.0 Å². The van der Waals surface area contributed by atoms with Crippen LogP contribution in [0.1, 0.15) is 6.42 Å². The zero-order valence-corrected chi connectivity index (χ0v) is 8.53. The van der Waals surface area contributed by atoms with Gasteiger partial charge in [-0.1, -0.05) is 6.07 Å². The lowest BCUT2D eigenvalue weighted by atomic mass is 10.1. The van der Waals surface area contributed by atoms with Crippen molar-refractivity contribution in [3.63, 3.8) is 0 Å². The van der Waals surface area contributed by atoms with Gasteiger partial charge < -0.3 is 14.6 Å². The van der Waals surface area contributed by atoms with E-state index in [0.29, 0.717) is 13.0 Å². The third-order valence-electron chi connectivity index (χ3n) is 2.46. The number of rotatable bonds is 2. The van der Waals surface area contributed by atoms with Gasteiger partial charge in [-0.2, -0.15) is 4.39 Å². The zero-order chi connectivity index (χ0) is 11.5. The summed E-state index contributed by atoms with van der Waals surface area (Å²) in [4.78, 5) is 0. The smallest absolute Gasteiger partial charge is 0.200 e. The number of aliphatic hydroxyl groups excluding tert-OH is 1. The average Bonchev–Trinajstić information content (AvgIpc) is 2.28. The fourth-order valence-electron chi connectivity index (χ4n) is 1.55. The number of benzene rings is 1. The Morgan fingerprint density at radius 2 is 2.19 bits per heavy atom. The van der Waals surface area contributed by atoms with E-state index < -0.39 is 23.8 Å². The standard InChI is InChI=1S/C11H12F2O3/c12-7-2-1-3-9(11(7)13)16-10-6-15-5-4-8(10)14/h1-3,8,10,14H,4-6H2. The van der Waals surface area contributed by atoms with Crippen LogP contribution >= 0.6 is 0 Å². The first-order valence-corrected chi connectivity index (χ1v) is 5.05. The third-order valence-corrected chi connectivity index (χ3v) is 2.46. The van der Waals surface area contributed by atoms with Crippen molar-refractivity contribution in [3.05, 3.63) is 29.8 Å². The van der Waals surface area contributed by atoms with Crippen molar-refractivity contribution in [2.45, 2.75) is 18.6 Å². The Kier molecular flexibility index (Phi) is 3.36. The molecule has 1 heterocycles. The Balaban J connectivity index is 2.10. The van der Waals surface area contributed by atoms with Crippen molar-refractivity contribution in [3.8, 4) is 5.75 Å². The van der Waals surface area contributed by atoms with E-state index in [1.165, 1.54) is 12.1 Å². The average molecular weight is 230 g/mol. The van der Waals surface area contributed by atoms with Crippen LogP contribution < -0.4 is 4.74 Å². The molecule has 88 valence electrons. The minimum Gasteiger partial charge on any atom is -0.482 e. The molecule has 1 saturated heterocycles. The van der Waals surface area contributed by atoms with Gasteiger partial charge in [0.05, 0.1) is 12.7 Å². The van der Waals surface area contributed by atoms with E-state index in [1.54, 1.807) is 0 Å². The molecule has 2 atom stereocenters. The van der Waals surface area contributed by atoms with Crippen molar-refractivity contribution in [2.75, 3.05) is 13.2 Å². The first-order chi connectivity index (χ1) is 7.68. The monoisotopic (exact) mass is 230 g/mol. The molecule has 0 saturated carbocycles. The maximum absolute atomic E-state index is 13.3. The van der Waals surface area contributed by atoms with Gasteiger partial charge in [0.1, 0.15) is 6.10 Å². The number of hydrogen-bond donors (Lipinski definition) is 1. The van der Waals surface area contributed by atoms with Gasteiger partial charge in [-0.25, -0.2) is 4.39 Å². The molecule has 16 heavy (non-hydrogen) atoms. The minimum atomic E-state index is -1.04. The number of hydrogen-bond acceptors (Lipinski definition) is 3. The van der Waals surface area contributed by atoms with Crippen molar-refractivity contribution in [2.24, 2.45) is 0 Å². The Morgan fingerprint density at radius 1 is 1.38 bits per heavy atom. The van der Waals surface area contributed by atoms with Gasteiger partial charge in [0.15, 0.2) is 11.6 Å². The van der Waals surface area contributed by atoms with E-state index >= 15 is 0 Å². The summed E-state index contributed by atoms with van der Waals surface area (Å²) >= 11 is 0. The molecule has 2 unspecified atom stereocenters. The summed E-state index contributed by atoms with van der Waals surface area (Å²) in [5, 5.41) is 9.57. The molecule has 1 fully saturated rings. The molecule has 0 aliphatic carbocycles. The summed E-state index contributed by atoms with van der Waals surface area (Å²) in [5.74, 6) is -2.21. The minimum absolute atomic E-state index is 0.178. The molecule has 0 amide bonds. The highest BCUT2D eigenvalue weighted by Crippen LogP contribution is 2.22. The van der Waals surface area contributed by atoms with Crippen LogP contribution in [0.4, 0.5) is 8.78 Å². The normalized spacial score (nSPS) is 25.4. The second-order valence-corrected chi connectivity index (χ2v) is 3.64. The molecule has 1 N–H and O–H groups in total. The number of ether oxygens (including phenoxy) is 2. The van der Waals surface area contributed by atoms with Crippen LogP contribution in [0.2, 0.25) is 0 Å². The molecular formula is C11H12F2O3. The Labute approximate surface area is 91.6 Å². The van der Waals surface area contributed by atoms with Gasteiger partial charge in [-0.05, 0) is 12.1 Å². The number of halogens is 2. The van der Waals surface area contributed by atoms with Gasteiger partial charge in [-0.3, -0.25) is 0 Å². The van der Waals surface area contributed by atoms with E-state index in [9.17, 15) is 13.9 Å². The molecule has 5 heteroatoms. The second kappa shape index (κ2) is 4.76. The van der Waals surface area contributed by atoms with Gasteiger partial charge in [0.2, 0.25) is 5.82 Å². The van der Waals surface area contributed by atoms with Crippen LogP contribution in [0, 0.1) is 11.6 Å². The van der Waals surface area contributed by atoms with Gasteiger partial charge >= 0.3 is 0 Å². The Bertz CT molecular complexity index is 370. The predicted octanol–water partition coefficient (Wildman–Crippen LogP) is 1.49. The molecule has 1 aromatic carbocycles. The van der Waals surface area contributed by atoms with Crippen LogP contribution in [-0.2, 0) is 4.74 Å². The second-order valence-electron chi connectivity index (χ2n) is 3.64. The lowest BCUT2D eigenvalue weighted by molar-refractivity contribution is -0.0746. The summed E-state index contributed by atoms with van der Waals surface area (Å²) in [6.07, 6.45) is -0.928. The topological polar surface area (TPSA) is 38.7 Å². The van der Waals surface area contributed by atoms with Crippen LogP contribution in [0.3, 0.4) is 0 Å². The Hall–Kier alpha value is -1.20. The summed E-state index contributed by atoms with van der Waals surface area (Å²) in [7, 11) is 0. The van der Waals surface area contributed by atoms with Crippen LogP contribution in [0.25, 0.3) is 0 Å². The molecule has 3 nitrogen and oxygen atoms in total. The van der Waals surface area contributed by atoms with Crippen LogP contribution in [0.15, 0.2) is 18.2 Å². The molecule has 0 radical (unpaired) electrons. The molecule has 1 aliphatic rings. The van der Waals surface area contributed by atoms with E-state index in [4.69, 9.17) is 9.47 Å². The third kappa shape index (κ3) is 2.31. The van der Waals surface area contributed by atoms with E-state index in [0.717, 1.165) is 6.07 Å². The lowest BCUT2D eigenvalue weighted by Crippen LogP contribution is -2.41. The summed E-state index contributed by atoms with van der Waals surface area (Å²) in [6.45, 7) is 0.629. The van der Waals surface area contributed by atoms with Crippen molar-refractivity contribution in [1.82, 2.24) is 0 Å². The molecule has 0 spiro atoms. The highest BCUT2D eigenvalue weighted by atomic mass is 19.2. The molecule has 1 aliphatic heterocycles. The van der Waals surface area contributed by atoms with E-state index in [2.05, 4.69) is 0 Å². The molecule has 0 bridgehead atoms. The zero-order valence-electron chi connectivity index (χ0n) is 8.53. The van der Waals surface area contributed by atoms with Gasteiger partial charge in [0.25, 0.3) is 0 Å². The summed E-state index contributed by atoms with van der Waals surface area (Å²) < 4.78 is 36.4. The Morgan fingerprint density at radius 3 is 2.94 bits per heavy atom. The van der Waals surface area contributed by atoms with E-state index in [1.807, 2.05) is 0 Å². The van der Waals surface area contributed by atoms with E-state index in [-0.39, 0.29) is 12.4 Å². The molecular weight excluding hydrogens is 218 g/mol. The molecule has 1 aromatic rings. The SMILES string of the molecule is OC1CCOCC1Oc1cccc(F)c1F. The first kappa shape index (κ1) is 11.3. The van der Waals surface area contributed by atoms with Crippen LogP contribution in [0.5, 0.6) is 5.75 Å². The maximum Gasteiger partial charge on any atom is 0.200 e. The van der Waals surface area contributed by atoms with Crippen molar-refractivity contribution < 1.29 is 23.4 Å².